The van der Waals surface area contributed by atoms with Crippen molar-refractivity contribution in [2.24, 2.45) is 0 Å². The second-order valence-electron chi connectivity index (χ2n) is 5.97. The molecule has 1 fully saturated rings. The van der Waals surface area contributed by atoms with Crippen molar-refractivity contribution in [3.63, 3.8) is 0 Å². The number of benzene rings is 1. The van der Waals surface area contributed by atoms with Crippen molar-refractivity contribution in [3.8, 4) is 11.1 Å². The average molecular weight is 394 g/mol. The highest BCUT2D eigenvalue weighted by molar-refractivity contribution is 7.22. The second-order valence-corrected chi connectivity index (χ2v) is 6.99. The molecule has 0 aliphatic carbocycles. The first-order valence-corrected chi connectivity index (χ1v) is 8.91. The molecule has 5 nitrogen and oxygen atoms in total. The number of morpholine rings is 1. The smallest absolute Gasteiger partial charge is 0.348 e. The predicted molar refractivity (Wildman–Crippen MR) is 94.9 cm³/mol. The van der Waals surface area contributed by atoms with E-state index in [0.717, 1.165) is 17.4 Å². The first kappa shape index (κ1) is 17.7. The summed E-state index contributed by atoms with van der Waals surface area (Å²) in [7, 11) is 0. The minimum atomic E-state index is -1.31. The third-order valence-electron chi connectivity index (χ3n) is 4.35. The third kappa shape index (κ3) is 3.02. The number of halogens is 3. The van der Waals surface area contributed by atoms with Gasteiger partial charge in [0.25, 0.3) is 0 Å². The number of hydrogen-bond donors (Lipinski definition) is 1. The van der Waals surface area contributed by atoms with Crippen LogP contribution < -0.4 is 4.90 Å². The number of carbonyl (C=O) groups is 1. The van der Waals surface area contributed by atoms with E-state index in [2.05, 4.69) is 4.98 Å². The van der Waals surface area contributed by atoms with Crippen LogP contribution >= 0.6 is 11.3 Å². The fourth-order valence-corrected chi connectivity index (χ4v) is 4.32. The molecule has 0 bridgehead atoms. The number of carboxylic acid groups (broad SMARTS) is 1. The number of rotatable bonds is 3. The molecular formula is C18H13F3N2O3S. The highest BCUT2D eigenvalue weighted by Gasteiger charge is 2.27. The molecule has 9 heteroatoms. The van der Waals surface area contributed by atoms with Crippen LogP contribution in [0.25, 0.3) is 21.3 Å². The normalized spacial score (nSPS) is 14.7. The molecule has 1 aliphatic heterocycles. The summed E-state index contributed by atoms with van der Waals surface area (Å²) in [5, 5.41) is 9.63. The zero-order valence-electron chi connectivity index (χ0n) is 13.8. The Morgan fingerprint density at radius 1 is 1.19 bits per heavy atom. The summed E-state index contributed by atoms with van der Waals surface area (Å²) in [5.74, 6) is -4.56. The molecule has 4 rings (SSSR count). The van der Waals surface area contributed by atoms with Crippen molar-refractivity contribution in [1.29, 1.82) is 0 Å². The quantitative estimate of drug-likeness (QED) is 0.683. The van der Waals surface area contributed by atoms with Crippen LogP contribution in [0.2, 0.25) is 0 Å². The average Bonchev–Trinajstić information content (AvgIpc) is 3.05. The van der Waals surface area contributed by atoms with E-state index >= 15 is 0 Å². The van der Waals surface area contributed by atoms with Gasteiger partial charge in [-0.3, -0.25) is 4.98 Å². The van der Waals surface area contributed by atoms with Crippen molar-refractivity contribution in [2.45, 2.75) is 0 Å². The number of fused-ring (bicyclic) bond motifs is 1. The van der Waals surface area contributed by atoms with Gasteiger partial charge in [0.2, 0.25) is 0 Å². The van der Waals surface area contributed by atoms with Crippen LogP contribution in [-0.4, -0.2) is 42.4 Å². The maximum atomic E-state index is 14.3. The van der Waals surface area contributed by atoms with Gasteiger partial charge in [-0.2, -0.15) is 0 Å². The van der Waals surface area contributed by atoms with Gasteiger partial charge in [-0.1, -0.05) is 0 Å². The molecule has 0 unspecified atom stereocenters. The van der Waals surface area contributed by atoms with Gasteiger partial charge >= 0.3 is 5.97 Å². The molecule has 0 atom stereocenters. The van der Waals surface area contributed by atoms with Crippen molar-refractivity contribution >= 4 is 33.2 Å². The number of nitrogens with zero attached hydrogens (tertiary/aromatic N) is 2. The van der Waals surface area contributed by atoms with E-state index in [9.17, 15) is 23.1 Å². The summed E-state index contributed by atoms with van der Waals surface area (Å²) >= 11 is 0.911. The molecule has 2 aromatic heterocycles. The molecule has 1 aliphatic rings. The number of aromatic nitrogens is 1. The maximum Gasteiger partial charge on any atom is 0.348 e. The lowest BCUT2D eigenvalue weighted by Gasteiger charge is -2.28. The molecule has 27 heavy (non-hydrogen) atoms. The molecule has 1 N–H and O–H groups in total. The molecule has 0 radical (unpaired) electrons. The highest BCUT2D eigenvalue weighted by Crippen LogP contribution is 2.43. The largest absolute Gasteiger partial charge is 0.477 e. The molecule has 140 valence electrons. The fourth-order valence-electron chi connectivity index (χ4n) is 3.17. The van der Waals surface area contributed by atoms with Crippen LogP contribution in [-0.2, 0) is 4.74 Å². The SMILES string of the molecule is O=C(O)c1sc2c(-c3cc(F)cc(F)c3F)ccnc2c1N1CCOCC1. The Morgan fingerprint density at radius 3 is 2.63 bits per heavy atom. The van der Waals surface area contributed by atoms with Crippen molar-refractivity contribution in [2.75, 3.05) is 31.2 Å². The molecular weight excluding hydrogens is 381 g/mol. The number of hydrogen-bond acceptors (Lipinski definition) is 5. The summed E-state index contributed by atoms with van der Waals surface area (Å²) in [6.07, 6.45) is 1.38. The van der Waals surface area contributed by atoms with Gasteiger partial charge in [-0.25, -0.2) is 18.0 Å². The fraction of sp³-hybridized carbons (Fsp3) is 0.222. The number of pyridine rings is 1. The first-order chi connectivity index (χ1) is 13.0. The van der Waals surface area contributed by atoms with E-state index in [1.807, 2.05) is 4.90 Å². The molecule has 3 heterocycles. The van der Waals surface area contributed by atoms with E-state index in [-0.39, 0.29) is 16.0 Å². The van der Waals surface area contributed by atoms with Crippen LogP contribution in [0.5, 0.6) is 0 Å². The minimum absolute atomic E-state index is 0.0455. The Labute approximate surface area is 155 Å². The van der Waals surface area contributed by atoms with Crippen molar-refractivity contribution in [3.05, 3.63) is 46.7 Å². The van der Waals surface area contributed by atoms with E-state index in [4.69, 9.17) is 4.74 Å². The summed E-state index contributed by atoms with van der Waals surface area (Å²) < 4.78 is 47.3. The van der Waals surface area contributed by atoms with Crippen LogP contribution in [0, 0.1) is 17.5 Å². The molecule has 3 aromatic rings. The lowest BCUT2D eigenvalue weighted by atomic mass is 10.0. The van der Waals surface area contributed by atoms with Crippen molar-refractivity contribution < 1.29 is 27.8 Å². The molecule has 0 amide bonds. The lowest BCUT2D eigenvalue weighted by molar-refractivity contribution is 0.0701. The Kier molecular flexibility index (Phi) is 4.48. The number of thiophene rings is 1. The van der Waals surface area contributed by atoms with E-state index in [1.165, 1.54) is 12.3 Å². The van der Waals surface area contributed by atoms with Crippen LogP contribution in [0.1, 0.15) is 9.67 Å². The summed E-state index contributed by atoms with van der Waals surface area (Å²) in [4.78, 5) is 18.0. The summed E-state index contributed by atoms with van der Waals surface area (Å²) in [6.45, 7) is 1.86. The summed E-state index contributed by atoms with van der Waals surface area (Å²) in [5.41, 5.74) is 0.709. The van der Waals surface area contributed by atoms with Gasteiger partial charge in [0.1, 0.15) is 16.2 Å². The van der Waals surface area contributed by atoms with Gasteiger partial charge in [-0.05, 0) is 12.1 Å². The first-order valence-electron chi connectivity index (χ1n) is 8.09. The summed E-state index contributed by atoms with van der Waals surface area (Å²) in [6, 6.07) is 2.78. The van der Waals surface area contributed by atoms with Crippen molar-refractivity contribution in [1.82, 2.24) is 4.98 Å². The standard InChI is InChI=1S/C18H13F3N2O3S/c19-9-7-11(13(21)12(20)8-9)10-1-2-22-14-15(23-3-5-26-6-4-23)17(18(24)25)27-16(10)14/h1-2,7-8H,3-6H2,(H,24,25). The molecule has 0 saturated carbocycles. The predicted octanol–water partition coefficient (Wildman–Crippen LogP) is 3.92. The van der Waals surface area contributed by atoms with Crippen LogP contribution in [0.3, 0.4) is 0 Å². The van der Waals surface area contributed by atoms with E-state index in [0.29, 0.717) is 48.3 Å². The number of carboxylic acids is 1. The Balaban J connectivity index is 1.99. The van der Waals surface area contributed by atoms with Crippen LogP contribution in [0.4, 0.5) is 18.9 Å². The van der Waals surface area contributed by atoms with Gasteiger partial charge < -0.3 is 14.7 Å². The second kappa shape index (κ2) is 6.82. The van der Waals surface area contributed by atoms with Gasteiger partial charge in [-0.15, -0.1) is 11.3 Å². The number of aromatic carboxylic acids is 1. The third-order valence-corrected chi connectivity index (χ3v) is 5.54. The Bertz CT molecular complexity index is 1050. The topological polar surface area (TPSA) is 62.7 Å². The van der Waals surface area contributed by atoms with Gasteiger partial charge in [0, 0.05) is 36.5 Å². The number of ether oxygens (including phenoxy) is 1. The lowest BCUT2D eigenvalue weighted by Crippen LogP contribution is -2.36. The van der Waals surface area contributed by atoms with Gasteiger partial charge in [0.15, 0.2) is 11.6 Å². The minimum Gasteiger partial charge on any atom is -0.477 e. The zero-order valence-corrected chi connectivity index (χ0v) is 14.7. The van der Waals surface area contributed by atoms with Gasteiger partial charge in [0.05, 0.1) is 23.6 Å². The Hall–Kier alpha value is -2.65. The monoisotopic (exact) mass is 394 g/mol. The maximum absolute atomic E-state index is 14.3. The molecule has 1 aromatic carbocycles. The van der Waals surface area contributed by atoms with E-state index in [1.54, 1.807) is 0 Å². The number of anilines is 1. The van der Waals surface area contributed by atoms with Crippen LogP contribution in [0.15, 0.2) is 24.4 Å². The Morgan fingerprint density at radius 2 is 1.93 bits per heavy atom. The zero-order chi connectivity index (χ0) is 19.1. The molecule has 1 saturated heterocycles. The highest BCUT2D eigenvalue weighted by atomic mass is 32.1. The van der Waals surface area contributed by atoms with E-state index < -0.39 is 23.4 Å². The molecule has 0 spiro atoms.